The van der Waals surface area contributed by atoms with Crippen LogP contribution in [0.2, 0.25) is 5.02 Å². The van der Waals surface area contributed by atoms with E-state index in [4.69, 9.17) is 21.1 Å². The zero-order valence-electron chi connectivity index (χ0n) is 19.9. The van der Waals surface area contributed by atoms with Crippen molar-refractivity contribution in [3.63, 3.8) is 0 Å². The Bertz CT molecular complexity index is 1210. The molecule has 0 spiro atoms. The Kier molecular flexibility index (Phi) is 7.03. The average molecular weight is 484 g/mol. The van der Waals surface area contributed by atoms with Crippen LogP contribution in [0, 0.1) is 6.92 Å². The molecule has 0 saturated heterocycles. The molecule has 180 valence electrons. The second-order valence-electron chi connectivity index (χ2n) is 8.43. The highest BCUT2D eigenvalue weighted by Crippen LogP contribution is 2.46. The standard InChI is InChI=1S/C26H30ClN3O4/c1-5-7-8-11-30-25(16-9-10-20(34-6-2)21(13-16)33-4)22-23(28-29-24(22)26(30)32)17-14-18(27)15(3)12-19(17)31/h9-10,12-14,25,31H,5-8,11H2,1-4H3,(H,28,29). The largest absolute Gasteiger partial charge is 0.507 e. The number of nitrogens with one attached hydrogen (secondary N) is 1. The Morgan fingerprint density at radius 3 is 2.68 bits per heavy atom. The summed E-state index contributed by atoms with van der Waals surface area (Å²) in [4.78, 5) is 15.3. The fourth-order valence-electron chi connectivity index (χ4n) is 4.50. The van der Waals surface area contributed by atoms with Gasteiger partial charge in [0.1, 0.15) is 17.1 Å². The Morgan fingerprint density at radius 2 is 1.97 bits per heavy atom. The second-order valence-corrected chi connectivity index (χ2v) is 8.84. The van der Waals surface area contributed by atoms with Gasteiger partial charge in [-0.25, -0.2) is 0 Å². The number of ether oxygens (including phenoxy) is 2. The van der Waals surface area contributed by atoms with E-state index < -0.39 is 6.04 Å². The van der Waals surface area contributed by atoms with Crippen LogP contribution < -0.4 is 9.47 Å². The van der Waals surface area contributed by atoms with Gasteiger partial charge in [0.15, 0.2) is 11.5 Å². The highest BCUT2D eigenvalue weighted by atomic mass is 35.5. The third-order valence-electron chi connectivity index (χ3n) is 6.20. The van der Waals surface area contributed by atoms with Crippen LogP contribution in [0.3, 0.4) is 0 Å². The molecule has 7 nitrogen and oxygen atoms in total. The third kappa shape index (κ3) is 4.20. The van der Waals surface area contributed by atoms with Gasteiger partial charge in [-0.05, 0) is 55.7 Å². The molecule has 1 aliphatic heterocycles. The zero-order chi connectivity index (χ0) is 24.4. The van der Waals surface area contributed by atoms with E-state index in [0.717, 1.165) is 36.0 Å². The number of unbranched alkanes of at least 4 members (excludes halogenated alkanes) is 2. The molecule has 1 unspecified atom stereocenters. The van der Waals surface area contributed by atoms with Crippen LogP contribution in [0.15, 0.2) is 30.3 Å². The van der Waals surface area contributed by atoms with E-state index in [1.807, 2.05) is 36.9 Å². The number of rotatable bonds is 9. The summed E-state index contributed by atoms with van der Waals surface area (Å²) in [6, 6.07) is 8.64. The highest BCUT2D eigenvalue weighted by molar-refractivity contribution is 6.31. The van der Waals surface area contributed by atoms with Crippen molar-refractivity contribution < 1.29 is 19.4 Å². The van der Waals surface area contributed by atoms with Gasteiger partial charge in [0.2, 0.25) is 0 Å². The monoisotopic (exact) mass is 483 g/mol. The van der Waals surface area contributed by atoms with Gasteiger partial charge in [0.25, 0.3) is 5.91 Å². The fourth-order valence-corrected chi connectivity index (χ4v) is 4.66. The Balaban J connectivity index is 1.87. The molecule has 0 saturated carbocycles. The molecule has 4 rings (SSSR count). The quantitative estimate of drug-likeness (QED) is 0.371. The van der Waals surface area contributed by atoms with Gasteiger partial charge in [-0.2, -0.15) is 5.10 Å². The molecule has 0 fully saturated rings. The van der Waals surface area contributed by atoms with Crippen LogP contribution in [-0.4, -0.2) is 46.4 Å². The number of nitrogens with zero attached hydrogens (tertiary/aromatic N) is 2. The van der Waals surface area contributed by atoms with Crippen molar-refractivity contribution in [2.24, 2.45) is 0 Å². The minimum Gasteiger partial charge on any atom is -0.507 e. The first-order valence-electron chi connectivity index (χ1n) is 11.6. The number of aryl methyl sites for hydroxylation is 1. The molecular formula is C26H30ClN3O4. The van der Waals surface area contributed by atoms with Crippen LogP contribution in [0.1, 0.15) is 66.3 Å². The number of carbonyl (C=O) groups excluding carboxylic acids is 1. The molecule has 0 aliphatic carbocycles. The first-order valence-corrected chi connectivity index (χ1v) is 12.0. The van der Waals surface area contributed by atoms with Crippen LogP contribution in [0.25, 0.3) is 11.3 Å². The summed E-state index contributed by atoms with van der Waals surface area (Å²) in [7, 11) is 1.60. The molecule has 0 radical (unpaired) electrons. The van der Waals surface area contributed by atoms with Crippen LogP contribution in [0.4, 0.5) is 0 Å². The van der Waals surface area contributed by atoms with Gasteiger partial charge < -0.3 is 19.5 Å². The number of halogens is 1. The van der Waals surface area contributed by atoms with Gasteiger partial charge >= 0.3 is 0 Å². The van der Waals surface area contributed by atoms with E-state index in [1.165, 1.54) is 0 Å². The number of aromatic nitrogens is 2. The molecule has 2 aromatic carbocycles. The minimum atomic E-state index is -0.392. The molecule has 1 atom stereocenters. The summed E-state index contributed by atoms with van der Waals surface area (Å²) in [5.41, 5.74) is 3.80. The maximum Gasteiger partial charge on any atom is 0.273 e. The van der Waals surface area contributed by atoms with E-state index in [2.05, 4.69) is 17.1 Å². The maximum absolute atomic E-state index is 13.5. The summed E-state index contributed by atoms with van der Waals surface area (Å²) in [5, 5.41) is 18.6. The van der Waals surface area contributed by atoms with E-state index in [9.17, 15) is 9.90 Å². The number of methoxy groups -OCH3 is 1. The van der Waals surface area contributed by atoms with Crippen molar-refractivity contribution >= 4 is 17.5 Å². The molecule has 3 aromatic rings. The smallest absolute Gasteiger partial charge is 0.273 e. The predicted octanol–water partition coefficient (Wildman–Crippen LogP) is 5.89. The number of hydrogen-bond donors (Lipinski definition) is 2. The van der Waals surface area contributed by atoms with Crippen LogP contribution in [-0.2, 0) is 0 Å². The molecule has 8 heteroatoms. The van der Waals surface area contributed by atoms with Crippen molar-refractivity contribution in [1.82, 2.24) is 15.1 Å². The fraction of sp³-hybridized carbons (Fsp3) is 0.385. The normalized spacial score (nSPS) is 15.0. The van der Waals surface area contributed by atoms with Crippen molar-refractivity contribution in [3.05, 3.63) is 57.7 Å². The number of fused-ring (bicyclic) bond motifs is 1. The lowest BCUT2D eigenvalue weighted by atomic mass is 9.95. The number of phenols is 1. The Morgan fingerprint density at radius 1 is 1.18 bits per heavy atom. The molecule has 34 heavy (non-hydrogen) atoms. The number of phenolic OH excluding ortho intramolecular Hbond substituents is 1. The summed E-state index contributed by atoms with van der Waals surface area (Å²) in [6.07, 6.45) is 2.97. The molecule has 0 bridgehead atoms. The van der Waals surface area contributed by atoms with Gasteiger partial charge in [-0.1, -0.05) is 37.4 Å². The number of aromatic hydroxyl groups is 1. The lowest BCUT2D eigenvalue weighted by molar-refractivity contribution is 0.0740. The number of aromatic amines is 1. The summed E-state index contributed by atoms with van der Waals surface area (Å²) in [6.45, 7) is 7.01. The van der Waals surface area contributed by atoms with Gasteiger partial charge in [0, 0.05) is 22.7 Å². The van der Waals surface area contributed by atoms with Crippen molar-refractivity contribution in [3.8, 4) is 28.5 Å². The first kappa shape index (κ1) is 24.0. The molecule has 1 amide bonds. The van der Waals surface area contributed by atoms with E-state index in [0.29, 0.717) is 46.6 Å². The highest BCUT2D eigenvalue weighted by Gasteiger charge is 2.42. The molecule has 1 aliphatic rings. The molecular weight excluding hydrogens is 454 g/mol. The van der Waals surface area contributed by atoms with Crippen molar-refractivity contribution in [2.45, 2.75) is 46.1 Å². The Hall–Kier alpha value is -3.19. The summed E-state index contributed by atoms with van der Waals surface area (Å²) < 4.78 is 11.3. The molecule has 2 heterocycles. The number of benzene rings is 2. The van der Waals surface area contributed by atoms with Crippen molar-refractivity contribution in [1.29, 1.82) is 0 Å². The van der Waals surface area contributed by atoms with Crippen molar-refractivity contribution in [2.75, 3.05) is 20.3 Å². The topological polar surface area (TPSA) is 87.7 Å². The molecule has 2 N–H and O–H groups in total. The maximum atomic E-state index is 13.5. The average Bonchev–Trinajstić information content (AvgIpc) is 3.36. The number of carbonyl (C=O) groups is 1. The van der Waals surface area contributed by atoms with Gasteiger partial charge in [-0.15, -0.1) is 0 Å². The molecule has 1 aromatic heterocycles. The first-order chi connectivity index (χ1) is 16.4. The number of H-pyrrole nitrogens is 1. The zero-order valence-corrected chi connectivity index (χ0v) is 20.7. The van der Waals surface area contributed by atoms with E-state index >= 15 is 0 Å². The van der Waals surface area contributed by atoms with Gasteiger partial charge in [0.05, 0.1) is 19.8 Å². The Labute approximate surface area is 204 Å². The third-order valence-corrected chi connectivity index (χ3v) is 6.61. The van der Waals surface area contributed by atoms with Gasteiger partial charge in [-0.3, -0.25) is 9.89 Å². The SMILES string of the molecule is CCCCCN1C(=O)c2[nH]nc(-c3cc(Cl)c(C)cc3O)c2C1c1ccc(OCC)c(OC)c1. The lowest BCUT2D eigenvalue weighted by Crippen LogP contribution is -2.30. The van der Waals surface area contributed by atoms with Crippen LogP contribution >= 0.6 is 11.6 Å². The summed E-state index contributed by atoms with van der Waals surface area (Å²) >= 11 is 6.38. The minimum absolute atomic E-state index is 0.0658. The predicted molar refractivity (Wildman–Crippen MR) is 132 cm³/mol. The summed E-state index contributed by atoms with van der Waals surface area (Å²) in [5.74, 6) is 1.20. The number of amides is 1. The number of hydrogen-bond acceptors (Lipinski definition) is 5. The lowest BCUT2D eigenvalue weighted by Gasteiger charge is -2.27. The van der Waals surface area contributed by atoms with E-state index in [-0.39, 0.29) is 11.7 Å². The van der Waals surface area contributed by atoms with Crippen LogP contribution in [0.5, 0.6) is 17.2 Å². The second kappa shape index (κ2) is 9.97. The van der Waals surface area contributed by atoms with E-state index in [1.54, 1.807) is 19.2 Å².